The van der Waals surface area contributed by atoms with Crippen LogP contribution in [0, 0.1) is 0 Å². The summed E-state index contributed by atoms with van der Waals surface area (Å²) < 4.78 is 17.2. The Morgan fingerprint density at radius 3 is 2.12 bits per heavy atom. The number of hydrogen-bond donors (Lipinski definition) is 1. The zero-order valence-corrected chi connectivity index (χ0v) is 21.3. The molecule has 172 valence electrons. The van der Waals surface area contributed by atoms with Crippen molar-refractivity contribution in [2.45, 2.75) is 0 Å². The topological polar surface area (TPSA) is 82.1 Å². The van der Waals surface area contributed by atoms with Crippen molar-refractivity contribution in [1.29, 1.82) is 0 Å². The Balaban J connectivity index is 1.88. The molecule has 3 aromatic rings. The van der Waals surface area contributed by atoms with E-state index in [1.807, 2.05) is 12.1 Å². The summed E-state index contributed by atoms with van der Waals surface area (Å²) in [5.41, 5.74) is 1.82. The highest BCUT2D eigenvalue weighted by atomic mass is 79.9. The second-order valence-corrected chi connectivity index (χ2v) is 8.98. The number of ketones is 1. The van der Waals surface area contributed by atoms with E-state index in [1.165, 1.54) is 19.2 Å². The molecule has 0 amide bonds. The lowest BCUT2D eigenvalue weighted by molar-refractivity contribution is -0.132. The molecule has 3 aromatic carbocycles. The molecule has 0 bridgehead atoms. The lowest BCUT2D eigenvalue weighted by Gasteiger charge is -2.09. The molecule has 0 aliphatic carbocycles. The highest BCUT2D eigenvalue weighted by molar-refractivity contribution is 9.11. The van der Waals surface area contributed by atoms with Gasteiger partial charge < -0.3 is 19.3 Å². The second-order valence-electron chi connectivity index (χ2n) is 7.27. The number of carbonyl (C=O) groups is 2. The SMILES string of the molecule is COc1ccc(/C=C2\OC(=O)C(C(=O)c3cc(Br)c(OC)c(Br)c3)=C2c2ccc(O)cc2)cc1. The molecular formula is C26H18Br2O6. The number of ether oxygens (including phenoxy) is 3. The Morgan fingerprint density at radius 2 is 1.56 bits per heavy atom. The molecule has 0 saturated heterocycles. The maximum atomic E-state index is 13.6. The molecule has 0 radical (unpaired) electrons. The number of aromatic hydroxyl groups is 1. The van der Waals surface area contributed by atoms with Crippen LogP contribution in [-0.2, 0) is 9.53 Å². The van der Waals surface area contributed by atoms with E-state index in [1.54, 1.807) is 49.6 Å². The van der Waals surface area contributed by atoms with Gasteiger partial charge in [0, 0.05) is 11.1 Å². The zero-order valence-electron chi connectivity index (χ0n) is 18.1. The van der Waals surface area contributed by atoms with Gasteiger partial charge in [-0.05, 0) is 85.5 Å². The van der Waals surface area contributed by atoms with Crippen molar-refractivity contribution in [2.75, 3.05) is 14.2 Å². The highest BCUT2D eigenvalue weighted by Crippen LogP contribution is 2.40. The van der Waals surface area contributed by atoms with Crippen LogP contribution in [0.2, 0.25) is 0 Å². The predicted molar refractivity (Wildman–Crippen MR) is 135 cm³/mol. The van der Waals surface area contributed by atoms with E-state index in [4.69, 9.17) is 14.2 Å². The summed E-state index contributed by atoms with van der Waals surface area (Å²) in [5, 5.41) is 9.74. The summed E-state index contributed by atoms with van der Waals surface area (Å²) >= 11 is 6.79. The molecule has 0 aromatic heterocycles. The molecule has 4 rings (SSSR count). The van der Waals surface area contributed by atoms with E-state index in [-0.39, 0.29) is 22.6 Å². The third kappa shape index (κ3) is 4.64. The van der Waals surface area contributed by atoms with Gasteiger partial charge in [-0.15, -0.1) is 0 Å². The smallest absolute Gasteiger partial charge is 0.348 e. The van der Waals surface area contributed by atoms with Crippen LogP contribution in [0.5, 0.6) is 17.2 Å². The van der Waals surface area contributed by atoms with E-state index < -0.39 is 11.8 Å². The number of rotatable bonds is 6. The van der Waals surface area contributed by atoms with Gasteiger partial charge in [0.05, 0.1) is 23.2 Å². The van der Waals surface area contributed by atoms with Gasteiger partial charge >= 0.3 is 5.97 Å². The molecule has 1 aliphatic heterocycles. The van der Waals surface area contributed by atoms with Crippen LogP contribution < -0.4 is 9.47 Å². The third-order valence-corrected chi connectivity index (χ3v) is 6.34. The quantitative estimate of drug-likeness (QED) is 0.212. The minimum absolute atomic E-state index is 0.0613. The number of esters is 1. The molecule has 0 fully saturated rings. The van der Waals surface area contributed by atoms with Gasteiger partial charge in [0.1, 0.15) is 28.6 Å². The van der Waals surface area contributed by atoms with Crippen molar-refractivity contribution in [3.8, 4) is 17.2 Å². The average molecular weight is 586 g/mol. The van der Waals surface area contributed by atoms with E-state index >= 15 is 0 Å². The Bertz CT molecular complexity index is 1320. The van der Waals surface area contributed by atoms with E-state index in [0.717, 1.165) is 5.56 Å². The molecule has 1 heterocycles. The molecule has 0 spiro atoms. The van der Waals surface area contributed by atoms with Crippen LogP contribution in [0.4, 0.5) is 0 Å². The number of methoxy groups -OCH3 is 2. The number of allylic oxidation sites excluding steroid dienone is 1. The Kier molecular flexibility index (Phi) is 6.90. The molecule has 0 saturated carbocycles. The fourth-order valence-electron chi connectivity index (χ4n) is 3.53. The molecule has 8 heteroatoms. The molecule has 34 heavy (non-hydrogen) atoms. The average Bonchev–Trinajstić information content (AvgIpc) is 3.14. The first-order valence-corrected chi connectivity index (χ1v) is 11.6. The molecule has 6 nitrogen and oxygen atoms in total. The Hall–Kier alpha value is -3.36. The number of carbonyl (C=O) groups excluding carboxylic acids is 2. The Labute approximate surface area is 212 Å². The summed E-state index contributed by atoms with van der Waals surface area (Å²) in [7, 11) is 3.09. The van der Waals surface area contributed by atoms with Gasteiger partial charge in [-0.3, -0.25) is 4.79 Å². The lowest BCUT2D eigenvalue weighted by atomic mass is 9.93. The summed E-state index contributed by atoms with van der Waals surface area (Å²) in [5.74, 6) is 0.248. The fraction of sp³-hybridized carbons (Fsp3) is 0.0769. The number of cyclic esters (lactones) is 1. The first-order valence-electron chi connectivity index (χ1n) is 10.0. The van der Waals surface area contributed by atoms with Crippen LogP contribution in [0.3, 0.4) is 0 Å². The van der Waals surface area contributed by atoms with E-state index in [9.17, 15) is 14.7 Å². The van der Waals surface area contributed by atoms with Crippen molar-refractivity contribution < 1.29 is 28.9 Å². The third-order valence-electron chi connectivity index (χ3n) is 5.16. The number of Topliss-reactive ketones (excluding diaryl/α,β-unsaturated/α-hetero) is 1. The molecular weight excluding hydrogens is 568 g/mol. The van der Waals surface area contributed by atoms with Gasteiger partial charge in [0.2, 0.25) is 5.78 Å². The first-order chi connectivity index (χ1) is 16.3. The van der Waals surface area contributed by atoms with Crippen LogP contribution in [0.1, 0.15) is 21.5 Å². The number of phenols is 1. The molecule has 0 atom stereocenters. The van der Waals surface area contributed by atoms with Crippen molar-refractivity contribution in [2.24, 2.45) is 0 Å². The predicted octanol–water partition coefficient (Wildman–Crippen LogP) is 6.17. The van der Waals surface area contributed by atoms with Gasteiger partial charge in [-0.2, -0.15) is 0 Å². The maximum absolute atomic E-state index is 13.6. The number of benzene rings is 3. The molecule has 1 N–H and O–H groups in total. The summed E-state index contributed by atoms with van der Waals surface area (Å²) in [6.07, 6.45) is 1.68. The standard InChI is InChI=1S/C26H18Br2O6/c1-32-18-9-3-14(4-10-18)11-21-22(15-5-7-17(29)8-6-15)23(26(31)34-21)24(30)16-12-19(27)25(33-2)20(28)13-16/h3-13,29H,1-2H3/b21-11-. The summed E-state index contributed by atoms with van der Waals surface area (Å²) in [6, 6.07) is 16.6. The highest BCUT2D eigenvalue weighted by Gasteiger charge is 2.36. The van der Waals surface area contributed by atoms with Crippen LogP contribution in [0.25, 0.3) is 11.6 Å². The van der Waals surface area contributed by atoms with Crippen molar-refractivity contribution in [1.82, 2.24) is 0 Å². The minimum atomic E-state index is -0.754. The zero-order chi connectivity index (χ0) is 24.4. The number of phenolic OH excluding ortho intramolecular Hbond substituents is 1. The first kappa shape index (κ1) is 23.8. The summed E-state index contributed by atoms with van der Waals surface area (Å²) in [6.45, 7) is 0. The van der Waals surface area contributed by atoms with Gasteiger partial charge in [-0.25, -0.2) is 4.79 Å². The van der Waals surface area contributed by atoms with Crippen molar-refractivity contribution in [3.63, 3.8) is 0 Å². The van der Waals surface area contributed by atoms with Gasteiger partial charge in [-0.1, -0.05) is 24.3 Å². The van der Waals surface area contributed by atoms with E-state index in [0.29, 0.717) is 31.6 Å². The Morgan fingerprint density at radius 1 is 0.941 bits per heavy atom. The van der Waals surface area contributed by atoms with Crippen molar-refractivity contribution in [3.05, 3.63) is 97.6 Å². The molecule has 0 unspecified atom stereocenters. The monoisotopic (exact) mass is 584 g/mol. The van der Waals surface area contributed by atoms with Gasteiger partial charge in [0.15, 0.2) is 0 Å². The second kappa shape index (κ2) is 9.87. The minimum Gasteiger partial charge on any atom is -0.508 e. The van der Waals surface area contributed by atoms with Crippen molar-refractivity contribution >= 4 is 55.3 Å². The maximum Gasteiger partial charge on any atom is 0.348 e. The normalized spacial score (nSPS) is 14.4. The molecule has 1 aliphatic rings. The van der Waals surface area contributed by atoms with Crippen LogP contribution >= 0.6 is 31.9 Å². The number of halogens is 2. The van der Waals surface area contributed by atoms with Crippen LogP contribution in [0.15, 0.2) is 80.9 Å². The largest absolute Gasteiger partial charge is 0.508 e. The van der Waals surface area contributed by atoms with E-state index in [2.05, 4.69) is 31.9 Å². The fourth-order valence-corrected chi connectivity index (χ4v) is 5.04. The number of hydrogen-bond acceptors (Lipinski definition) is 6. The summed E-state index contributed by atoms with van der Waals surface area (Å²) in [4.78, 5) is 26.5. The van der Waals surface area contributed by atoms with Gasteiger partial charge in [0.25, 0.3) is 0 Å². The van der Waals surface area contributed by atoms with Crippen LogP contribution in [-0.4, -0.2) is 31.1 Å². The lowest BCUT2D eigenvalue weighted by Crippen LogP contribution is -2.11.